The van der Waals surface area contributed by atoms with Crippen LogP contribution in [0.4, 0.5) is 0 Å². The summed E-state index contributed by atoms with van der Waals surface area (Å²) in [5.41, 5.74) is 1.99. The van der Waals surface area contributed by atoms with Crippen molar-refractivity contribution in [1.82, 2.24) is 10.6 Å². The van der Waals surface area contributed by atoms with Crippen LogP contribution in [-0.4, -0.2) is 11.8 Å². The van der Waals surface area contributed by atoms with E-state index in [-0.39, 0.29) is 18.0 Å². The van der Waals surface area contributed by atoms with Crippen molar-refractivity contribution in [3.63, 3.8) is 0 Å². The van der Waals surface area contributed by atoms with Gasteiger partial charge in [-0.25, -0.2) is 0 Å². The van der Waals surface area contributed by atoms with Crippen molar-refractivity contribution < 1.29 is 9.59 Å². The lowest BCUT2D eigenvalue weighted by molar-refractivity contribution is -0.140. The first-order chi connectivity index (χ1) is 12.0. The smallest absolute Gasteiger partial charge is 0.309 e. The Balaban J connectivity index is 2.04. The first-order valence-electron chi connectivity index (χ1n) is 8.74. The summed E-state index contributed by atoms with van der Waals surface area (Å²) in [5.74, 6) is -1.02. The lowest BCUT2D eigenvalue weighted by Crippen LogP contribution is -2.43. The predicted molar refractivity (Wildman–Crippen MR) is 99.8 cm³/mol. The van der Waals surface area contributed by atoms with E-state index < -0.39 is 11.8 Å². The van der Waals surface area contributed by atoms with E-state index in [4.69, 9.17) is 0 Å². The third-order valence-corrected chi connectivity index (χ3v) is 4.23. The maximum absolute atomic E-state index is 12.4. The Kier molecular flexibility index (Phi) is 6.75. The van der Waals surface area contributed by atoms with Crippen molar-refractivity contribution in [3.8, 4) is 0 Å². The normalized spacial score (nSPS) is 13.1. The molecule has 2 atom stereocenters. The molecular weight excluding hydrogens is 312 g/mol. The molecule has 2 amide bonds. The number of nitrogens with one attached hydrogen (secondary N) is 2. The molecule has 0 aliphatic rings. The minimum absolute atomic E-state index is 0.173. The molecule has 0 aromatic heterocycles. The van der Waals surface area contributed by atoms with Crippen LogP contribution in [0.2, 0.25) is 0 Å². The van der Waals surface area contributed by atoms with Gasteiger partial charge < -0.3 is 10.6 Å². The first-order valence-corrected chi connectivity index (χ1v) is 8.74. The van der Waals surface area contributed by atoms with Crippen molar-refractivity contribution in [2.45, 2.75) is 39.3 Å². The fourth-order valence-corrected chi connectivity index (χ4v) is 2.83. The van der Waals surface area contributed by atoms with Crippen molar-refractivity contribution in [2.75, 3.05) is 0 Å². The van der Waals surface area contributed by atoms with E-state index in [2.05, 4.69) is 10.6 Å². The van der Waals surface area contributed by atoms with Crippen molar-refractivity contribution in [2.24, 2.45) is 5.92 Å². The van der Waals surface area contributed by atoms with E-state index in [9.17, 15) is 9.59 Å². The van der Waals surface area contributed by atoms with Crippen LogP contribution < -0.4 is 10.6 Å². The lowest BCUT2D eigenvalue weighted by Gasteiger charge is -2.23. The molecule has 0 spiro atoms. The van der Waals surface area contributed by atoms with Crippen LogP contribution in [0.15, 0.2) is 60.7 Å². The Hall–Kier alpha value is -2.62. The zero-order chi connectivity index (χ0) is 18.2. The second-order valence-electron chi connectivity index (χ2n) is 6.45. The maximum atomic E-state index is 12.4. The summed E-state index contributed by atoms with van der Waals surface area (Å²) >= 11 is 0. The molecule has 4 nitrogen and oxygen atoms in total. The summed E-state index contributed by atoms with van der Waals surface area (Å²) in [6, 6.07) is 19.0. The summed E-state index contributed by atoms with van der Waals surface area (Å²) in [6.07, 6.45) is 0.718. The third-order valence-electron chi connectivity index (χ3n) is 4.23. The van der Waals surface area contributed by atoms with Gasteiger partial charge in [0.2, 0.25) is 0 Å². The zero-order valence-electron chi connectivity index (χ0n) is 15.0. The lowest BCUT2D eigenvalue weighted by atomic mass is 9.96. The molecule has 0 heterocycles. The second kappa shape index (κ2) is 9.02. The summed E-state index contributed by atoms with van der Waals surface area (Å²) < 4.78 is 0. The molecule has 0 aliphatic heterocycles. The van der Waals surface area contributed by atoms with Crippen LogP contribution >= 0.6 is 0 Å². The third kappa shape index (κ3) is 5.18. The number of benzene rings is 2. The van der Waals surface area contributed by atoms with Crippen molar-refractivity contribution in [1.29, 1.82) is 0 Å². The van der Waals surface area contributed by atoms with Gasteiger partial charge >= 0.3 is 11.8 Å². The van der Waals surface area contributed by atoms with Gasteiger partial charge in [-0.15, -0.1) is 0 Å². The highest BCUT2D eigenvalue weighted by Gasteiger charge is 2.24. The molecule has 0 fully saturated rings. The van der Waals surface area contributed by atoms with Crippen molar-refractivity contribution in [3.05, 3.63) is 71.8 Å². The Labute approximate surface area is 149 Å². The second-order valence-corrected chi connectivity index (χ2v) is 6.45. The van der Waals surface area contributed by atoms with E-state index in [0.29, 0.717) is 0 Å². The molecule has 0 saturated heterocycles. The van der Waals surface area contributed by atoms with E-state index in [0.717, 1.165) is 17.5 Å². The largest absolute Gasteiger partial charge is 0.341 e. The minimum Gasteiger partial charge on any atom is -0.341 e. The summed E-state index contributed by atoms with van der Waals surface area (Å²) in [4.78, 5) is 24.7. The fraction of sp³-hybridized carbons (Fsp3) is 0.333. The Morgan fingerprint density at radius 2 is 1.28 bits per heavy atom. The van der Waals surface area contributed by atoms with Crippen LogP contribution in [0.3, 0.4) is 0 Å². The van der Waals surface area contributed by atoms with Crippen LogP contribution in [0, 0.1) is 5.92 Å². The standard InChI is InChI=1S/C21H26N2O2/c1-4-18(16-11-7-5-8-12-16)22-20(24)21(25)23-19(15(2)3)17-13-9-6-10-14-17/h5-15,18-19H,4H2,1-3H3,(H,22,24)(H,23,25)/t18-,19-/m0/s1. The number of carbonyl (C=O) groups is 2. The molecule has 0 radical (unpaired) electrons. The number of rotatable bonds is 6. The molecule has 0 saturated carbocycles. The molecule has 2 aromatic rings. The number of hydrogen-bond acceptors (Lipinski definition) is 2. The SMILES string of the molecule is CC[C@H](NC(=O)C(=O)N[C@H](c1ccccc1)C(C)C)c1ccccc1. The van der Waals surface area contributed by atoms with Crippen LogP contribution in [-0.2, 0) is 9.59 Å². The van der Waals surface area contributed by atoms with Crippen LogP contribution in [0.1, 0.15) is 50.4 Å². The molecule has 0 aliphatic carbocycles. The highest BCUT2D eigenvalue weighted by Crippen LogP contribution is 2.21. The molecule has 132 valence electrons. The number of carbonyl (C=O) groups excluding carboxylic acids is 2. The molecule has 0 unspecified atom stereocenters. The zero-order valence-corrected chi connectivity index (χ0v) is 15.0. The number of amides is 2. The molecule has 4 heteroatoms. The summed E-state index contributed by atoms with van der Waals surface area (Å²) in [7, 11) is 0. The quantitative estimate of drug-likeness (QED) is 0.788. The average molecular weight is 338 g/mol. The van der Waals surface area contributed by atoms with Gasteiger partial charge in [-0.1, -0.05) is 81.4 Å². The van der Waals surface area contributed by atoms with Crippen LogP contribution in [0.5, 0.6) is 0 Å². The first kappa shape index (κ1) is 18.7. The van der Waals surface area contributed by atoms with Crippen LogP contribution in [0.25, 0.3) is 0 Å². The van der Waals surface area contributed by atoms with Gasteiger partial charge in [0.15, 0.2) is 0 Å². The molecule has 25 heavy (non-hydrogen) atoms. The maximum Gasteiger partial charge on any atom is 0.309 e. The molecule has 2 aromatic carbocycles. The topological polar surface area (TPSA) is 58.2 Å². The molecule has 0 bridgehead atoms. The Morgan fingerprint density at radius 1 is 0.800 bits per heavy atom. The monoisotopic (exact) mass is 338 g/mol. The van der Waals surface area contributed by atoms with Gasteiger partial charge in [0, 0.05) is 0 Å². The van der Waals surface area contributed by atoms with Gasteiger partial charge in [-0.2, -0.15) is 0 Å². The van der Waals surface area contributed by atoms with Gasteiger partial charge in [0.25, 0.3) is 0 Å². The minimum atomic E-state index is -0.600. The summed E-state index contributed by atoms with van der Waals surface area (Å²) in [5, 5.41) is 5.69. The van der Waals surface area contributed by atoms with Gasteiger partial charge in [-0.05, 0) is 23.5 Å². The van der Waals surface area contributed by atoms with Crippen molar-refractivity contribution >= 4 is 11.8 Å². The van der Waals surface area contributed by atoms with E-state index in [1.54, 1.807) is 0 Å². The molecule has 2 N–H and O–H groups in total. The Morgan fingerprint density at radius 3 is 1.76 bits per heavy atom. The molecular formula is C21H26N2O2. The van der Waals surface area contributed by atoms with Gasteiger partial charge in [0.05, 0.1) is 12.1 Å². The van der Waals surface area contributed by atoms with E-state index in [1.165, 1.54) is 0 Å². The van der Waals surface area contributed by atoms with E-state index in [1.807, 2.05) is 81.4 Å². The highest BCUT2D eigenvalue weighted by molar-refractivity contribution is 6.35. The fourth-order valence-electron chi connectivity index (χ4n) is 2.83. The highest BCUT2D eigenvalue weighted by atomic mass is 16.2. The number of hydrogen-bond donors (Lipinski definition) is 2. The molecule has 2 rings (SSSR count). The Bertz CT molecular complexity index is 684. The van der Waals surface area contributed by atoms with E-state index >= 15 is 0 Å². The summed E-state index contributed by atoms with van der Waals surface area (Å²) in [6.45, 7) is 6.03. The average Bonchev–Trinajstić information content (AvgIpc) is 2.64. The van der Waals surface area contributed by atoms with Gasteiger partial charge in [-0.3, -0.25) is 9.59 Å². The van der Waals surface area contributed by atoms with Gasteiger partial charge in [0.1, 0.15) is 0 Å². The predicted octanol–water partition coefficient (Wildman–Crippen LogP) is 3.77.